The predicted molar refractivity (Wildman–Crippen MR) is 174 cm³/mol. The second-order valence-corrected chi connectivity index (χ2v) is 11.2. The number of benzene rings is 1. The molecule has 45 heavy (non-hydrogen) atoms. The molecule has 12 nitrogen and oxygen atoms in total. The van der Waals surface area contributed by atoms with Crippen LogP contribution in [0.3, 0.4) is 0 Å². The van der Waals surface area contributed by atoms with Crippen molar-refractivity contribution in [2.45, 2.75) is 25.9 Å². The molecule has 0 aliphatic heterocycles. The Bertz CT molecular complexity index is 2030. The molecule has 0 atom stereocenters. The highest BCUT2D eigenvalue weighted by Crippen LogP contribution is 2.23. The van der Waals surface area contributed by atoms with Gasteiger partial charge in [0.25, 0.3) is 5.56 Å². The van der Waals surface area contributed by atoms with E-state index in [4.69, 9.17) is 10.7 Å². The minimum Gasteiger partial charge on any atom is -0.368 e. The van der Waals surface area contributed by atoms with Gasteiger partial charge in [-0.15, -0.1) is 5.10 Å². The molecule has 0 aliphatic carbocycles. The fourth-order valence-electron chi connectivity index (χ4n) is 5.29. The number of rotatable bonds is 11. The summed E-state index contributed by atoms with van der Waals surface area (Å²) in [5.74, 6) is 0.880. The number of carbonyl (C=O) groups excluding carboxylic acids is 1. The summed E-state index contributed by atoms with van der Waals surface area (Å²) in [6, 6.07) is 20.8. The van der Waals surface area contributed by atoms with Crippen LogP contribution in [0.15, 0.2) is 90.1 Å². The number of pyridine rings is 3. The smallest absolute Gasteiger partial charge is 0.261 e. The maximum absolute atomic E-state index is 13.1. The molecule has 0 aliphatic rings. The molecule has 1 aromatic carbocycles. The summed E-state index contributed by atoms with van der Waals surface area (Å²) in [5.41, 5.74) is 11.6. The summed E-state index contributed by atoms with van der Waals surface area (Å²) in [4.78, 5) is 41.6. The number of nitrogen functional groups attached to an aromatic ring is 1. The zero-order chi connectivity index (χ0) is 31.5. The van der Waals surface area contributed by atoms with Crippen molar-refractivity contribution in [2.75, 3.05) is 25.1 Å². The lowest BCUT2D eigenvalue weighted by molar-refractivity contribution is 0.0980. The van der Waals surface area contributed by atoms with Gasteiger partial charge in [-0.05, 0) is 80.2 Å². The fourth-order valence-corrected chi connectivity index (χ4v) is 5.29. The Kier molecular flexibility index (Phi) is 8.21. The van der Waals surface area contributed by atoms with Gasteiger partial charge in [-0.1, -0.05) is 18.2 Å². The quantitative estimate of drug-likeness (QED) is 0.211. The van der Waals surface area contributed by atoms with E-state index in [-0.39, 0.29) is 29.3 Å². The molecule has 228 valence electrons. The molecule has 0 radical (unpaired) electrons. The van der Waals surface area contributed by atoms with E-state index in [1.54, 1.807) is 30.7 Å². The molecule has 12 heteroatoms. The van der Waals surface area contributed by atoms with E-state index in [1.807, 2.05) is 68.2 Å². The summed E-state index contributed by atoms with van der Waals surface area (Å²) < 4.78 is 5.03. The van der Waals surface area contributed by atoms with Gasteiger partial charge in [-0.2, -0.15) is 9.67 Å². The summed E-state index contributed by atoms with van der Waals surface area (Å²) in [5, 5.41) is 7.73. The summed E-state index contributed by atoms with van der Waals surface area (Å²) in [7, 11) is 6.00. The lowest BCUT2D eigenvalue weighted by Crippen LogP contribution is -2.26. The molecular weight excluding hydrogens is 568 g/mol. The summed E-state index contributed by atoms with van der Waals surface area (Å²) >= 11 is 0. The highest BCUT2D eigenvalue weighted by atomic mass is 16.1. The highest BCUT2D eigenvalue weighted by molar-refractivity contribution is 5.95. The molecule has 0 saturated heterocycles. The van der Waals surface area contributed by atoms with Crippen LogP contribution in [0.5, 0.6) is 0 Å². The Morgan fingerprint density at radius 1 is 1.00 bits per heavy atom. The number of anilines is 3. The second kappa shape index (κ2) is 12.5. The average molecular weight is 603 g/mol. The first-order valence-corrected chi connectivity index (χ1v) is 14.6. The minimum absolute atomic E-state index is 0.177. The van der Waals surface area contributed by atoms with Crippen molar-refractivity contribution in [3.05, 3.63) is 118 Å². The Balaban J connectivity index is 1.16. The van der Waals surface area contributed by atoms with Crippen molar-refractivity contribution in [3.63, 3.8) is 0 Å². The van der Waals surface area contributed by atoms with Crippen LogP contribution in [0, 0.1) is 0 Å². The number of fused-ring (bicyclic) bond motifs is 1. The number of ketones is 1. The number of hydrogen-bond donors (Lipinski definition) is 2. The van der Waals surface area contributed by atoms with Crippen molar-refractivity contribution in [1.82, 2.24) is 38.8 Å². The van der Waals surface area contributed by atoms with Crippen LogP contribution in [0.4, 0.5) is 17.6 Å². The van der Waals surface area contributed by atoms with Crippen LogP contribution < -0.4 is 16.6 Å². The number of nitrogens with one attached hydrogen (secondary N) is 1. The van der Waals surface area contributed by atoms with Gasteiger partial charge >= 0.3 is 0 Å². The van der Waals surface area contributed by atoms with Crippen molar-refractivity contribution in [2.24, 2.45) is 7.05 Å². The molecule has 0 unspecified atom stereocenters. The molecule has 6 rings (SSSR count). The van der Waals surface area contributed by atoms with Crippen LogP contribution in [-0.4, -0.2) is 58.6 Å². The molecular formula is C33H34N10O2. The summed E-state index contributed by atoms with van der Waals surface area (Å²) in [6.07, 6.45) is 5.71. The Morgan fingerprint density at radius 2 is 1.82 bits per heavy atom. The predicted octanol–water partition coefficient (Wildman–Crippen LogP) is 3.96. The van der Waals surface area contributed by atoms with Gasteiger partial charge in [0, 0.05) is 50.0 Å². The maximum Gasteiger partial charge on any atom is 0.261 e. The zero-order valence-corrected chi connectivity index (χ0v) is 25.4. The van der Waals surface area contributed by atoms with E-state index in [9.17, 15) is 9.59 Å². The summed E-state index contributed by atoms with van der Waals surface area (Å²) in [6.45, 7) is 1.20. The van der Waals surface area contributed by atoms with Gasteiger partial charge in [0.15, 0.2) is 11.6 Å². The number of aromatic nitrogens is 7. The van der Waals surface area contributed by atoms with Gasteiger partial charge in [-0.3, -0.25) is 14.6 Å². The monoisotopic (exact) mass is 602 g/mol. The first-order chi connectivity index (χ1) is 21.7. The molecule has 0 amide bonds. The molecule has 3 N–H and O–H groups in total. The maximum atomic E-state index is 13.1. The van der Waals surface area contributed by atoms with Gasteiger partial charge in [0.1, 0.15) is 0 Å². The normalized spacial score (nSPS) is 11.4. The Hall–Kier alpha value is -5.62. The fraction of sp³-hybridized carbons (Fsp3) is 0.212. The number of hydrogen-bond acceptors (Lipinski definition) is 9. The third-order valence-corrected chi connectivity index (χ3v) is 7.55. The van der Waals surface area contributed by atoms with E-state index in [1.165, 1.54) is 14.8 Å². The van der Waals surface area contributed by atoms with E-state index in [2.05, 4.69) is 37.4 Å². The first-order valence-electron chi connectivity index (χ1n) is 14.6. The van der Waals surface area contributed by atoms with Crippen molar-refractivity contribution in [1.29, 1.82) is 0 Å². The lowest BCUT2D eigenvalue weighted by atomic mass is 10.1. The molecule has 0 saturated carbocycles. The topological polar surface area (TPSA) is 142 Å². The minimum atomic E-state index is -0.310. The van der Waals surface area contributed by atoms with Crippen molar-refractivity contribution < 1.29 is 4.79 Å². The SMILES string of the molecule is CN(C)Cc1ccc(Nc2nc(N)n(-c3ccc4c(cc(CCC(=O)c5cccn(Cc6cccnc6)c5=O)n4C)n3)n2)cc1. The number of carbonyl (C=O) groups is 1. The van der Waals surface area contributed by atoms with E-state index in [0.717, 1.165) is 34.5 Å². The van der Waals surface area contributed by atoms with E-state index < -0.39 is 0 Å². The molecule has 5 aromatic heterocycles. The molecule has 0 fully saturated rings. The van der Waals surface area contributed by atoms with Crippen LogP contribution in [0.1, 0.15) is 33.6 Å². The van der Waals surface area contributed by atoms with Crippen molar-refractivity contribution in [3.8, 4) is 5.82 Å². The average Bonchev–Trinajstić information content (AvgIpc) is 3.55. The molecule has 5 heterocycles. The number of nitrogens with zero attached hydrogens (tertiary/aromatic N) is 8. The number of aryl methyl sites for hydroxylation is 2. The number of Topliss-reactive ketones (excluding diaryl/α,β-unsaturated/α-hetero) is 1. The van der Waals surface area contributed by atoms with Gasteiger partial charge in [-0.25, -0.2) is 4.98 Å². The van der Waals surface area contributed by atoms with Gasteiger partial charge < -0.3 is 25.1 Å². The van der Waals surface area contributed by atoms with Crippen LogP contribution >= 0.6 is 0 Å². The van der Waals surface area contributed by atoms with Gasteiger partial charge in [0.05, 0.1) is 23.1 Å². The largest absolute Gasteiger partial charge is 0.368 e. The Morgan fingerprint density at radius 3 is 2.58 bits per heavy atom. The highest BCUT2D eigenvalue weighted by Gasteiger charge is 2.16. The standard InChI is InChI=1S/C33H34N10O2/c1-40(2)20-22-8-10-24(11-9-22)36-33-38-32(34)43(39-33)30-15-13-28-27(37-30)18-25(41(28)3)12-14-29(44)26-7-5-17-42(31(26)45)21-23-6-4-16-35-19-23/h4-11,13,15-19H,12,14,20-21H2,1-3H3,(H3,34,36,38,39). The zero-order valence-electron chi connectivity index (χ0n) is 25.4. The van der Waals surface area contributed by atoms with Crippen LogP contribution in [0.25, 0.3) is 16.9 Å². The van der Waals surface area contributed by atoms with Crippen LogP contribution in [0.2, 0.25) is 0 Å². The second-order valence-electron chi connectivity index (χ2n) is 11.2. The van der Waals surface area contributed by atoms with E-state index in [0.29, 0.717) is 24.7 Å². The third kappa shape index (κ3) is 6.50. The number of nitrogens with two attached hydrogens (primary N) is 1. The first kappa shape index (κ1) is 29.5. The third-order valence-electron chi connectivity index (χ3n) is 7.55. The molecule has 0 spiro atoms. The molecule has 0 bridgehead atoms. The Labute approximate surface area is 259 Å². The lowest BCUT2D eigenvalue weighted by Gasteiger charge is -2.10. The van der Waals surface area contributed by atoms with Crippen molar-refractivity contribution >= 4 is 34.4 Å². The molecule has 6 aromatic rings. The van der Waals surface area contributed by atoms with E-state index >= 15 is 0 Å². The van der Waals surface area contributed by atoms with Gasteiger partial charge in [0.2, 0.25) is 11.9 Å². The van der Waals surface area contributed by atoms with Crippen LogP contribution in [-0.2, 0) is 26.6 Å².